The second kappa shape index (κ2) is 6.81. The highest BCUT2D eigenvalue weighted by Crippen LogP contribution is 2.43. The average Bonchev–Trinajstić information content (AvgIpc) is 2.87. The van der Waals surface area contributed by atoms with Gasteiger partial charge in [-0.1, -0.05) is 30.3 Å². The first kappa shape index (κ1) is 19.7. The summed E-state index contributed by atoms with van der Waals surface area (Å²) >= 11 is 0. The van der Waals surface area contributed by atoms with Crippen LogP contribution in [0.15, 0.2) is 52.9 Å². The lowest BCUT2D eigenvalue weighted by molar-refractivity contribution is -0.138. The van der Waals surface area contributed by atoms with Gasteiger partial charge in [-0.25, -0.2) is 0 Å². The van der Waals surface area contributed by atoms with E-state index in [4.69, 9.17) is 10.2 Å². The van der Waals surface area contributed by atoms with Gasteiger partial charge in [0.25, 0.3) is 0 Å². The maximum Gasteiger partial charge on any atom is 0.416 e. The number of benzene rings is 2. The quantitative estimate of drug-likeness (QED) is 0.540. The lowest BCUT2D eigenvalue weighted by Crippen LogP contribution is -2.09. The molecule has 1 aromatic heterocycles. The molecule has 0 amide bonds. The van der Waals surface area contributed by atoms with Crippen molar-refractivity contribution in [3.05, 3.63) is 71.0 Å². The molecule has 0 atom stereocenters. The van der Waals surface area contributed by atoms with E-state index in [0.29, 0.717) is 0 Å². The molecular weight excluding hydrogens is 388 g/mol. The SMILES string of the molecule is Nc1oc(Cc2ccccc2C(F)(F)F)c(O)c1-c1cccc(C(F)(F)F)c1. The van der Waals surface area contributed by atoms with E-state index in [1.165, 1.54) is 24.3 Å². The van der Waals surface area contributed by atoms with E-state index < -0.39 is 41.5 Å². The summed E-state index contributed by atoms with van der Waals surface area (Å²) in [5.74, 6) is -1.27. The van der Waals surface area contributed by atoms with Gasteiger partial charge in [0.05, 0.1) is 16.7 Å². The van der Waals surface area contributed by atoms with Crippen molar-refractivity contribution in [3.63, 3.8) is 0 Å². The molecule has 3 aromatic rings. The number of hydrogen-bond acceptors (Lipinski definition) is 3. The van der Waals surface area contributed by atoms with Gasteiger partial charge in [-0.3, -0.25) is 0 Å². The van der Waals surface area contributed by atoms with Crippen molar-refractivity contribution in [2.24, 2.45) is 0 Å². The Balaban J connectivity index is 2.03. The minimum Gasteiger partial charge on any atom is -0.504 e. The molecule has 3 nitrogen and oxygen atoms in total. The predicted molar refractivity (Wildman–Crippen MR) is 89.5 cm³/mol. The topological polar surface area (TPSA) is 59.4 Å². The van der Waals surface area contributed by atoms with E-state index in [9.17, 15) is 31.4 Å². The fraction of sp³-hybridized carbons (Fsp3) is 0.158. The van der Waals surface area contributed by atoms with Crippen LogP contribution in [0.3, 0.4) is 0 Å². The molecule has 0 bridgehead atoms. The summed E-state index contributed by atoms with van der Waals surface area (Å²) < 4.78 is 83.3. The number of alkyl halides is 6. The van der Waals surface area contributed by atoms with Crippen molar-refractivity contribution < 1.29 is 35.9 Å². The molecule has 0 aliphatic carbocycles. The number of nitrogens with two attached hydrogens (primary N) is 1. The van der Waals surface area contributed by atoms with Crippen molar-refractivity contribution >= 4 is 5.88 Å². The molecule has 0 unspecified atom stereocenters. The predicted octanol–water partition coefficient (Wildman–Crippen LogP) is 5.86. The van der Waals surface area contributed by atoms with Crippen LogP contribution >= 0.6 is 0 Å². The molecule has 0 saturated heterocycles. The van der Waals surface area contributed by atoms with Crippen molar-refractivity contribution in [3.8, 4) is 16.9 Å². The summed E-state index contributed by atoms with van der Waals surface area (Å²) in [6, 6.07) is 8.73. The number of nitrogen functional groups attached to an aromatic ring is 1. The zero-order chi connectivity index (χ0) is 20.7. The van der Waals surface area contributed by atoms with Crippen molar-refractivity contribution in [1.29, 1.82) is 0 Å². The summed E-state index contributed by atoms with van der Waals surface area (Å²) in [6.07, 6.45) is -9.67. The van der Waals surface area contributed by atoms with Crippen LogP contribution in [-0.2, 0) is 18.8 Å². The van der Waals surface area contributed by atoms with Gasteiger partial charge in [0, 0.05) is 6.42 Å². The molecule has 0 radical (unpaired) electrons. The lowest BCUT2D eigenvalue weighted by Gasteiger charge is -2.11. The molecular formula is C19H13F6NO2. The standard InChI is InChI=1S/C19H13F6NO2/c20-18(21,22)12-6-3-5-11(8-12)15-16(27)14(28-17(15)26)9-10-4-1-2-7-13(10)19(23,24)25/h1-8,27H,9,26H2. The van der Waals surface area contributed by atoms with Gasteiger partial charge in [0.15, 0.2) is 11.5 Å². The van der Waals surface area contributed by atoms with Crippen molar-refractivity contribution in [2.45, 2.75) is 18.8 Å². The Morgan fingerprint density at radius 3 is 2.21 bits per heavy atom. The molecule has 0 aliphatic rings. The minimum absolute atomic E-state index is 0.0658. The number of furan rings is 1. The lowest BCUT2D eigenvalue weighted by atomic mass is 10.00. The zero-order valence-electron chi connectivity index (χ0n) is 14.0. The zero-order valence-corrected chi connectivity index (χ0v) is 14.0. The fourth-order valence-electron chi connectivity index (χ4n) is 2.86. The molecule has 0 spiro atoms. The van der Waals surface area contributed by atoms with Gasteiger partial charge in [0.2, 0.25) is 5.88 Å². The summed E-state index contributed by atoms with van der Waals surface area (Å²) in [5, 5.41) is 10.4. The second-order valence-corrected chi connectivity index (χ2v) is 6.02. The first-order chi connectivity index (χ1) is 13.0. The van der Waals surface area contributed by atoms with Crippen LogP contribution in [0.5, 0.6) is 5.75 Å². The molecule has 148 valence electrons. The Morgan fingerprint density at radius 1 is 0.893 bits per heavy atom. The highest BCUT2D eigenvalue weighted by atomic mass is 19.4. The first-order valence-corrected chi connectivity index (χ1v) is 7.91. The number of anilines is 1. The van der Waals surface area contributed by atoms with E-state index in [0.717, 1.165) is 24.3 Å². The molecule has 2 aromatic carbocycles. The highest BCUT2D eigenvalue weighted by Gasteiger charge is 2.34. The van der Waals surface area contributed by atoms with Gasteiger partial charge in [-0.2, -0.15) is 26.3 Å². The molecule has 9 heteroatoms. The third-order valence-electron chi connectivity index (χ3n) is 4.13. The van der Waals surface area contributed by atoms with E-state index >= 15 is 0 Å². The van der Waals surface area contributed by atoms with Gasteiger partial charge in [-0.15, -0.1) is 0 Å². The maximum absolute atomic E-state index is 13.1. The summed E-state index contributed by atoms with van der Waals surface area (Å²) in [6.45, 7) is 0. The largest absolute Gasteiger partial charge is 0.504 e. The summed E-state index contributed by atoms with van der Waals surface area (Å²) in [4.78, 5) is 0. The van der Waals surface area contributed by atoms with Gasteiger partial charge in [0.1, 0.15) is 0 Å². The summed E-state index contributed by atoms with van der Waals surface area (Å²) in [5.41, 5.74) is 3.36. The molecule has 28 heavy (non-hydrogen) atoms. The molecule has 3 N–H and O–H groups in total. The van der Waals surface area contributed by atoms with Crippen LogP contribution < -0.4 is 5.73 Å². The van der Waals surface area contributed by atoms with E-state index in [1.807, 2.05) is 0 Å². The Hall–Kier alpha value is -3.10. The monoisotopic (exact) mass is 401 g/mol. The smallest absolute Gasteiger partial charge is 0.416 e. The third kappa shape index (κ3) is 3.78. The number of hydrogen-bond donors (Lipinski definition) is 2. The van der Waals surface area contributed by atoms with Gasteiger partial charge in [-0.05, 0) is 29.3 Å². The van der Waals surface area contributed by atoms with Gasteiger partial charge < -0.3 is 15.3 Å². The number of rotatable bonds is 3. The Bertz CT molecular complexity index is 1000. The van der Waals surface area contributed by atoms with E-state index in [-0.39, 0.29) is 22.5 Å². The van der Waals surface area contributed by atoms with E-state index in [1.54, 1.807) is 0 Å². The Kier molecular flexibility index (Phi) is 4.78. The summed E-state index contributed by atoms with van der Waals surface area (Å²) in [7, 11) is 0. The Morgan fingerprint density at radius 2 is 1.57 bits per heavy atom. The molecule has 0 aliphatic heterocycles. The molecule has 0 fully saturated rings. The van der Waals surface area contributed by atoms with Crippen LogP contribution in [0.25, 0.3) is 11.1 Å². The molecule has 3 rings (SSSR count). The number of aromatic hydroxyl groups is 1. The van der Waals surface area contributed by atoms with E-state index in [2.05, 4.69) is 0 Å². The number of halogens is 6. The van der Waals surface area contributed by atoms with Crippen LogP contribution in [0.2, 0.25) is 0 Å². The molecule has 0 saturated carbocycles. The molecule has 1 heterocycles. The minimum atomic E-state index is -4.62. The Labute approximate surface area is 155 Å². The van der Waals surface area contributed by atoms with Crippen LogP contribution in [0.4, 0.5) is 32.2 Å². The van der Waals surface area contributed by atoms with Crippen LogP contribution in [-0.4, -0.2) is 5.11 Å². The normalized spacial score (nSPS) is 12.4. The van der Waals surface area contributed by atoms with Crippen molar-refractivity contribution in [1.82, 2.24) is 0 Å². The third-order valence-corrected chi connectivity index (χ3v) is 4.13. The van der Waals surface area contributed by atoms with Crippen LogP contribution in [0.1, 0.15) is 22.5 Å². The fourth-order valence-corrected chi connectivity index (χ4v) is 2.86. The maximum atomic E-state index is 13.1. The highest BCUT2D eigenvalue weighted by molar-refractivity contribution is 5.80. The van der Waals surface area contributed by atoms with Crippen LogP contribution in [0, 0.1) is 0 Å². The van der Waals surface area contributed by atoms with Gasteiger partial charge >= 0.3 is 12.4 Å². The first-order valence-electron chi connectivity index (χ1n) is 7.91. The van der Waals surface area contributed by atoms with Crippen molar-refractivity contribution in [2.75, 3.05) is 5.73 Å². The average molecular weight is 401 g/mol. The second-order valence-electron chi connectivity index (χ2n) is 6.02.